The van der Waals surface area contributed by atoms with Crippen molar-refractivity contribution in [3.8, 4) is 0 Å². The molecular formula is C18H22N4O3S. The van der Waals surface area contributed by atoms with Crippen molar-refractivity contribution in [1.82, 2.24) is 14.8 Å². The highest BCUT2D eigenvalue weighted by Gasteiger charge is 2.17. The van der Waals surface area contributed by atoms with E-state index in [9.17, 15) is 9.59 Å². The van der Waals surface area contributed by atoms with Gasteiger partial charge in [0.15, 0.2) is 5.16 Å². The van der Waals surface area contributed by atoms with E-state index in [2.05, 4.69) is 20.1 Å². The first-order valence-corrected chi connectivity index (χ1v) is 9.78. The Hall–Kier alpha value is -2.35. The molecule has 0 saturated heterocycles. The van der Waals surface area contributed by atoms with Crippen LogP contribution in [0, 0.1) is 0 Å². The standard InChI is InChI=1S/C18H22N4O3S/c1-2-25-17(24)13-8-5-6-9-14(13)19-16(23)12-26-18-21-20-15-10-4-3-7-11-22(15)18/h5-6,8-9H,2-4,7,10-12H2,1H3,(H,19,23). The van der Waals surface area contributed by atoms with E-state index in [1.165, 1.54) is 18.2 Å². The SMILES string of the molecule is CCOC(=O)c1ccccc1NC(=O)CSc1nnc2n1CCCCC2. The normalized spacial score (nSPS) is 13.6. The van der Waals surface area contributed by atoms with Crippen LogP contribution in [0.25, 0.3) is 0 Å². The number of aryl methyl sites for hydroxylation is 1. The van der Waals surface area contributed by atoms with Gasteiger partial charge in [0.25, 0.3) is 0 Å². The number of hydrogen-bond acceptors (Lipinski definition) is 6. The average molecular weight is 374 g/mol. The Balaban J connectivity index is 1.62. The number of carbonyl (C=O) groups excluding carboxylic acids is 2. The zero-order valence-electron chi connectivity index (χ0n) is 14.7. The van der Waals surface area contributed by atoms with Gasteiger partial charge in [0.2, 0.25) is 5.91 Å². The molecule has 8 heteroatoms. The van der Waals surface area contributed by atoms with Crippen molar-refractivity contribution in [2.24, 2.45) is 0 Å². The number of esters is 1. The number of amides is 1. The van der Waals surface area contributed by atoms with E-state index in [0.29, 0.717) is 11.3 Å². The van der Waals surface area contributed by atoms with Crippen LogP contribution < -0.4 is 5.32 Å². The Morgan fingerprint density at radius 1 is 1.23 bits per heavy atom. The minimum Gasteiger partial charge on any atom is -0.462 e. The Labute approximate surface area is 156 Å². The van der Waals surface area contributed by atoms with Crippen molar-refractivity contribution in [2.75, 3.05) is 17.7 Å². The number of nitrogens with one attached hydrogen (secondary N) is 1. The fourth-order valence-electron chi connectivity index (χ4n) is 2.86. The van der Waals surface area contributed by atoms with Crippen LogP contribution in [0.5, 0.6) is 0 Å². The van der Waals surface area contributed by atoms with E-state index in [4.69, 9.17) is 4.74 Å². The predicted molar refractivity (Wildman–Crippen MR) is 99.3 cm³/mol. The summed E-state index contributed by atoms with van der Waals surface area (Å²) < 4.78 is 7.13. The van der Waals surface area contributed by atoms with E-state index >= 15 is 0 Å². The van der Waals surface area contributed by atoms with E-state index < -0.39 is 5.97 Å². The number of thioether (sulfide) groups is 1. The number of nitrogens with zero attached hydrogens (tertiary/aromatic N) is 3. The minimum absolute atomic E-state index is 0.197. The van der Waals surface area contributed by atoms with Crippen LogP contribution in [0.3, 0.4) is 0 Å². The van der Waals surface area contributed by atoms with Crippen molar-refractivity contribution in [1.29, 1.82) is 0 Å². The van der Waals surface area contributed by atoms with Gasteiger partial charge in [0.05, 0.1) is 23.6 Å². The summed E-state index contributed by atoms with van der Waals surface area (Å²) in [6, 6.07) is 6.84. The van der Waals surface area contributed by atoms with Crippen LogP contribution in [0.4, 0.5) is 5.69 Å². The van der Waals surface area contributed by atoms with Gasteiger partial charge in [-0.15, -0.1) is 10.2 Å². The summed E-state index contributed by atoms with van der Waals surface area (Å²) in [5, 5.41) is 12.0. The molecule has 1 N–H and O–H groups in total. The lowest BCUT2D eigenvalue weighted by Gasteiger charge is -2.10. The summed E-state index contributed by atoms with van der Waals surface area (Å²) in [7, 11) is 0. The summed E-state index contributed by atoms with van der Waals surface area (Å²) >= 11 is 1.36. The van der Waals surface area contributed by atoms with E-state index in [-0.39, 0.29) is 18.3 Å². The van der Waals surface area contributed by atoms with E-state index in [1.54, 1.807) is 31.2 Å². The Kier molecular flexibility index (Phi) is 6.27. The lowest BCUT2D eigenvalue weighted by molar-refractivity contribution is -0.113. The number of ether oxygens (including phenoxy) is 1. The molecule has 0 bridgehead atoms. The molecule has 1 aromatic heterocycles. The highest BCUT2D eigenvalue weighted by molar-refractivity contribution is 7.99. The molecule has 3 rings (SSSR count). The Morgan fingerprint density at radius 2 is 2.08 bits per heavy atom. The van der Waals surface area contributed by atoms with Gasteiger partial charge in [-0.1, -0.05) is 30.3 Å². The Morgan fingerprint density at radius 3 is 2.92 bits per heavy atom. The van der Waals surface area contributed by atoms with Gasteiger partial charge in [-0.05, 0) is 31.9 Å². The lowest BCUT2D eigenvalue weighted by atomic mass is 10.2. The van der Waals surface area contributed by atoms with Crippen molar-refractivity contribution in [3.63, 3.8) is 0 Å². The predicted octanol–water partition coefficient (Wildman–Crippen LogP) is 2.91. The summed E-state index contributed by atoms with van der Waals surface area (Å²) in [5.41, 5.74) is 0.806. The van der Waals surface area contributed by atoms with Crippen LogP contribution in [-0.2, 0) is 22.5 Å². The van der Waals surface area contributed by atoms with Gasteiger partial charge in [0, 0.05) is 13.0 Å². The van der Waals surface area contributed by atoms with Gasteiger partial charge >= 0.3 is 5.97 Å². The third-order valence-electron chi connectivity index (χ3n) is 4.10. The number of aromatic nitrogens is 3. The molecule has 2 aromatic rings. The third-order valence-corrected chi connectivity index (χ3v) is 5.07. The van der Waals surface area contributed by atoms with Crippen molar-refractivity contribution < 1.29 is 14.3 Å². The number of hydrogen-bond donors (Lipinski definition) is 1. The fraction of sp³-hybridized carbons (Fsp3) is 0.444. The number of carbonyl (C=O) groups is 2. The van der Waals surface area contributed by atoms with Gasteiger partial charge in [-0.2, -0.15) is 0 Å². The molecule has 1 aromatic carbocycles. The molecule has 0 aliphatic carbocycles. The number of rotatable bonds is 6. The molecule has 0 spiro atoms. The topological polar surface area (TPSA) is 86.1 Å². The number of fused-ring (bicyclic) bond motifs is 1. The second-order valence-corrected chi connectivity index (χ2v) is 6.91. The van der Waals surface area contributed by atoms with Gasteiger partial charge in [-0.3, -0.25) is 4.79 Å². The molecule has 7 nitrogen and oxygen atoms in total. The lowest BCUT2D eigenvalue weighted by Crippen LogP contribution is -2.17. The van der Waals surface area contributed by atoms with Gasteiger partial charge in [0.1, 0.15) is 5.82 Å². The first-order chi connectivity index (χ1) is 12.7. The van der Waals surface area contributed by atoms with Crippen LogP contribution in [0.15, 0.2) is 29.4 Å². The number of para-hydroxylation sites is 1. The first-order valence-electron chi connectivity index (χ1n) is 8.80. The molecule has 0 unspecified atom stereocenters. The maximum absolute atomic E-state index is 12.3. The second kappa shape index (κ2) is 8.84. The molecule has 0 fully saturated rings. The summed E-state index contributed by atoms with van der Waals surface area (Å²) in [6.45, 7) is 2.93. The quantitative estimate of drug-likeness (QED) is 0.618. The van der Waals surface area contributed by atoms with E-state index in [0.717, 1.165) is 36.8 Å². The van der Waals surface area contributed by atoms with Crippen LogP contribution in [0.1, 0.15) is 42.4 Å². The average Bonchev–Trinajstić information content (AvgIpc) is 2.87. The summed E-state index contributed by atoms with van der Waals surface area (Å²) in [4.78, 5) is 24.3. The molecule has 26 heavy (non-hydrogen) atoms. The molecule has 138 valence electrons. The number of benzene rings is 1. The minimum atomic E-state index is -0.446. The monoisotopic (exact) mass is 374 g/mol. The molecule has 2 heterocycles. The molecule has 0 saturated carbocycles. The summed E-state index contributed by atoms with van der Waals surface area (Å²) in [5.74, 6) is 0.560. The van der Waals surface area contributed by atoms with Gasteiger partial charge < -0.3 is 14.6 Å². The van der Waals surface area contributed by atoms with Crippen molar-refractivity contribution >= 4 is 29.3 Å². The zero-order valence-corrected chi connectivity index (χ0v) is 15.6. The zero-order chi connectivity index (χ0) is 18.4. The molecule has 0 atom stereocenters. The molecule has 0 radical (unpaired) electrons. The van der Waals surface area contributed by atoms with Gasteiger partial charge in [-0.25, -0.2) is 4.79 Å². The molecule has 1 aliphatic rings. The highest BCUT2D eigenvalue weighted by atomic mass is 32.2. The van der Waals surface area contributed by atoms with Crippen molar-refractivity contribution in [2.45, 2.75) is 44.3 Å². The molecule has 1 aliphatic heterocycles. The van der Waals surface area contributed by atoms with Crippen LogP contribution in [0.2, 0.25) is 0 Å². The Bertz CT molecular complexity index is 790. The van der Waals surface area contributed by atoms with Crippen molar-refractivity contribution in [3.05, 3.63) is 35.7 Å². The largest absolute Gasteiger partial charge is 0.462 e. The second-order valence-electron chi connectivity index (χ2n) is 5.96. The van der Waals surface area contributed by atoms with Crippen LogP contribution in [-0.4, -0.2) is 39.0 Å². The smallest absolute Gasteiger partial charge is 0.340 e. The maximum atomic E-state index is 12.3. The fourth-order valence-corrected chi connectivity index (χ4v) is 3.64. The third kappa shape index (κ3) is 4.43. The maximum Gasteiger partial charge on any atom is 0.340 e. The highest BCUT2D eigenvalue weighted by Crippen LogP contribution is 2.22. The van der Waals surface area contributed by atoms with Crippen LogP contribution >= 0.6 is 11.8 Å². The number of anilines is 1. The van der Waals surface area contributed by atoms with E-state index in [1.807, 2.05) is 0 Å². The molecule has 1 amide bonds. The summed E-state index contributed by atoms with van der Waals surface area (Å²) in [6.07, 6.45) is 4.37. The first kappa shape index (κ1) is 18.4. The molecular weight excluding hydrogens is 352 g/mol.